The fourth-order valence-corrected chi connectivity index (χ4v) is 1.80. The third-order valence-electron chi connectivity index (χ3n) is 2.84. The summed E-state index contributed by atoms with van der Waals surface area (Å²) in [6.07, 6.45) is 0. The Kier molecular flexibility index (Phi) is 2.75. The van der Waals surface area contributed by atoms with Gasteiger partial charge in [0.15, 0.2) is 5.69 Å². The Balaban J connectivity index is 2.04. The minimum absolute atomic E-state index is 0.0803. The summed E-state index contributed by atoms with van der Waals surface area (Å²) in [7, 11) is 0. The zero-order valence-corrected chi connectivity index (χ0v) is 10.5. The molecule has 8 nitrogen and oxygen atoms in total. The lowest BCUT2D eigenvalue weighted by molar-refractivity contribution is 0.103. The molecule has 2 heterocycles. The van der Waals surface area contributed by atoms with Gasteiger partial charge < -0.3 is 5.73 Å². The molecule has 0 saturated carbocycles. The monoisotopic (exact) mass is 270 g/mol. The van der Waals surface area contributed by atoms with Gasteiger partial charge >= 0.3 is 0 Å². The maximum Gasteiger partial charge on any atom is 0.243 e. The molecule has 0 saturated heterocycles. The number of benzene rings is 1. The van der Waals surface area contributed by atoms with E-state index < -0.39 is 0 Å². The second kappa shape index (κ2) is 4.57. The van der Waals surface area contributed by atoms with Crippen molar-refractivity contribution in [2.75, 3.05) is 5.73 Å². The molecule has 0 spiro atoms. The molecule has 2 N–H and O–H groups in total. The molecule has 0 amide bonds. The lowest BCUT2D eigenvalue weighted by Gasteiger charge is -1.99. The molecular formula is C12H10N6O2. The van der Waals surface area contributed by atoms with Gasteiger partial charge in [0.05, 0.1) is 5.69 Å². The van der Waals surface area contributed by atoms with Crippen molar-refractivity contribution in [1.29, 1.82) is 0 Å². The summed E-state index contributed by atoms with van der Waals surface area (Å²) < 4.78 is 5.83. The first-order valence-corrected chi connectivity index (χ1v) is 5.79. The van der Waals surface area contributed by atoms with Gasteiger partial charge in [-0.3, -0.25) is 4.79 Å². The lowest BCUT2D eigenvalue weighted by Crippen LogP contribution is -2.06. The third-order valence-corrected chi connectivity index (χ3v) is 2.84. The Hall–Kier alpha value is -3.03. The molecule has 0 aliphatic rings. The maximum absolute atomic E-state index is 12.3. The number of rotatable bonds is 3. The van der Waals surface area contributed by atoms with E-state index in [0.29, 0.717) is 11.3 Å². The Morgan fingerprint density at radius 3 is 2.65 bits per heavy atom. The number of ketones is 1. The highest BCUT2D eigenvalue weighted by molar-refractivity contribution is 6.08. The molecule has 3 rings (SSSR count). The first-order valence-electron chi connectivity index (χ1n) is 5.79. The van der Waals surface area contributed by atoms with Crippen molar-refractivity contribution in [3.63, 3.8) is 0 Å². The standard InChI is InChI=1S/C12H10N6O2/c1-7-9(10(19)8-5-3-2-4-6-8)14-17-18(7)12-11(13)15-20-16-12/h2-6H,1H3,(H2,13,15). The molecular weight excluding hydrogens is 260 g/mol. The lowest BCUT2D eigenvalue weighted by atomic mass is 10.1. The van der Waals surface area contributed by atoms with E-state index in [2.05, 4.69) is 25.3 Å². The number of nitrogens with zero attached hydrogens (tertiary/aromatic N) is 5. The number of hydrogen-bond donors (Lipinski definition) is 1. The zero-order chi connectivity index (χ0) is 14.1. The summed E-state index contributed by atoms with van der Waals surface area (Å²) in [5.41, 5.74) is 6.88. The average Bonchev–Trinajstić information content (AvgIpc) is 3.05. The van der Waals surface area contributed by atoms with Gasteiger partial charge in [0.2, 0.25) is 17.4 Å². The highest BCUT2D eigenvalue weighted by atomic mass is 16.6. The number of aromatic nitrogens is 5. The van der Waals surface area contributed by atoms with Gasteiger partial charge in [-0.1, -0.05) is 35.5 Å². The van der Waals surface area contributed by atoms with E-state index in [1.54, 1.807) is 31.2 Å². The molecule has 8 heteroatoms. The quantitative estimate of drug-likeness (QED) is 0.699. The van der Waals surface area contributed by atoms with E-state index in [0.717, 1.165) is 0 Å². The van der Waals surface area contributed by atoms with Gasteiger partial charge in [0.1, 0.15) is 0 Å². The second-order valence-corrected chi connectivity index (χ2v) is 4.10. The normalized spacial score (nSPS) is 10.7. The molecule has 20 heavy (non-hydrogen) atoms. The molecule has 0 aliphatic heterocycles. The molecule has 0 aliphatic carbocycles. The van der Waals surface area contributed by atoms with Crippen molar-refractivity contribution >= 4 is 11.6 Å². The van der Waals surface area contributed by atoms with Crippen LogP contribution in [0.4, 0.5) is 5.82 Å². The van der Waals surface area contributed by atoms with Crippen LogP contribution in [-0.4, -0.2) is 31.1 Å². The van der Waals surface area contributed by atoms with Gasteiger partial charge in [-0.05, 0) is 17.2 Å². The number of hydrogen-bond acceptors (Lipinski definition) is 7. The molecule has 100 valence electrons. The maximum atomic E-state index is 12.3. The van der Waals surface area contributed by atoms with Crippen LogP contribution in [0.25, 0.3) is 5.82 Å². The van der Waals surface area contributed by atoms with Gasteiger partial charge in [0.25, 0.3) is 0 Å². The van der Waals surface area contributed by atoms with Crippen LogP contribution >= 0.6 is 0 Å². The minimum Gasteiger partial charge on any atom is -0.378 e. The second-order valence-electron chi connectivity index (χ2n) is 4.10. The van der Waals surface area contributed by atoms with E-state index >= 15 is 0 Å². The summed E-state index contributed by atoms with van der Waals surface area (Å²) in [5.74, 6) is 0.0724. The fourth-order valence-electron chi connectivity index (χ4n) is 1.80. The van der Waals surface area contributed by atoms with Gasteiger partial charge in [-0.15, -0.1) is 5.10 Å². The number of carbonyl (C=O) groups excluding carboxylic acids is 1. The van der Waals surface area contributed by atoms with Gasteiger partial charge in [-0.25, -0.2) is 4.63 Å². The molecule has 0 atom stereocenters. The van der Waals surface area contributed by atoms with E-state index in [1.165, 1.54) is 4.68 Å². The highest BCUT2D eigenvalue weighted by Gasteiger charge is 2.21. The van der Waals surface area contributed by atoms with E-state index in [4.69, 9.17) is 5.73 Å². The summed E-state index contributed by atoms with van der Waals surface area (Å²) in [6.45, 7) is 1.70. The van der Waals surface area contributed by atoms with Crippen LogP contribution in [0.2, 0.25) is 0 Å². The SMILES string of the molecule is Cc1c(C(=O)c2ccccc2)nnn1-c1nonc1N. The Bertz CT molecular complexity index is 761. The van der Waals surface area contributed by atoms with Crippen molar-refractivity contribution in [2.45, 2.75) is 6.92 Å². The van der Waals surface area contributed by atoms with Crippen LogP contribution in [0.1, 0.15) is 21.7 Å². The third kappa shape index (κ3) is 1.83. The Morgan fingerprint density at radius 2 is 2.00 bits per heavy atom. The highest BCUT2D eigenvalue weighted by Crippen LogP contribution is 2.16. The summed E-state index contributed by atoms with van der Waals surface area (Å²) in [5, 5.41) is 14.9. The van der Waals surface area contributed by atoms with Gasteiger partial charge in [-0.2, -0.15) is 4.68 Å². The first kappa shape index (κ1) is 12.0. The van der Waals surface area contributed by atoms with Crippen LogP contribution in [0.3, 0.4) is 0 Å². The van der Waals surface area contributed by atoms with Gasteiger partial charge in [0, 0.05) is 5.56 Å². The summed E-state index contributed by atoms with van der Waals surface area (Å²) in [4.78, 5) is 12.3. The van der Waals surface area contributed by atoms with E-state index in [1.807, 2.05) is 6.07 Å². The predicted molar refractivity (Wildman–Crippen MR) is 68.2 cm³/mol. The van der Waals surface area contributed by atoms with Crippen molar-refractivity contribution < 1.29 is 9.42 Å². The van der Waals surface area contributed by atoms with Crippen molar-refractivity contribution in [2.24, 2.45) is 0 Å². The molecule has 1 aromatic carbocycles. The molecule has 0 radical (unpaired) electrons. The smallest absolute Gasteiger partial charge is 0.243 e. The van der Waals surface area contributed by atoms with Crippen LogP contribution in [0, 0.1) is 6.92 Å². The summed E-state index contributed by atoms with van der Waals surface area (Å²) >= 11 is 0. The van der Waals surface area contributed by atoms with Crippen LogP contribution in [0.15, 0.2) is 35.0 Å². The molecule has 3 aromatic rings. The van der Waals surface area contributed by atoms with Crippen molar-refractivity contribution in [3.8, 4) is 5.82 Å². The number of anilines is 1. The average molecular weight is 270 g/mol. The molecule has 0 unspecified atom stereocenters. The molecule has 0 fully saturated rings. The number of carbonyl (C=O) groups is 1. The predicted octanol–water partition coefficient (Wildman–Crippen LogP) is 0.772. The van der Waals surface area contributed by atoms with Crippen LogP contribution in [-0.2, 0) is 0 Å². The fraction of sp³-hybridized carbons (Fsp3) is 0.0833. The van der Waals surface area contributed by atoms with E-state index in [-0.39, 0.29) is 23.1 Å². The summed E-state index contributed by atoms with van der Waals surface area (Å²) in [6, 6.07) is 8.83. The Morgan fingerprint density at radius 1 is 1.25 bits per heavy atom. The zero-order valence-electron chi connectivity index (χ0n) is 10.5. The topological polar surface area (TPSA) is 113 Å². The van der Waals surface area contributed by atoms with Crippen LogP contribution in [0.5, 0.6) is 0 Å². The molecule has 2 aromatic heterocycles. The number of nitrogens with two attached hydrogens (primary N) is 1. The van der Waals surface area contributed by atoms with E-state index in [9.17, 15) is 4.79 Å². The van der Waals surface area contributed by atoms with Crippen LogP contribution < -0.4 is 5.73 Å². The van der Waals surface area contributed by atoms with Crippen molar-refractivity contribution in [1.82, 2.24) is 25.3 Å². The first-order chi connectivity index (χ1) is 9.68. The minimum atomic E-state index is -0.218. The number of nitrogen functional groups attached to an aromatic ring is 1. The largest absolute Gasteiger partial charge is 0.378 e. The Labute approximate surface area is 113 Å². The molecule has 0 bridgehead atoms. The van der Waals surface area contributed by atoms with Crippen molar-refractivity contribution in [3.05, 3.63) is 47.3 Å².